The first-order valence-corrected chi connectivity index (χ1v) is 14.1. The topological polar surface area (TPSA) is 248 Å². The number of aliphatic hydroxyl groups is 1. The second-order valence-electron chi connectivity index (χ2n) is 10.1. The zero-order valence-electron chi connectivity index (χ0n) is 22.5. The molecule has 1 aliphatic heterocycles. The normalized spacial score (nSPS) is 28.9. The van der Waals surface area contributed by atoms with Crippen molar-refractivity contribution in [2.75, 3.05) is 11.5 Å². The molecule has 1 saturated heterocycles. The highest BCUT2D eigenvalue weighted by Crippen LogP contribution is 2.66. The maximum Gasteiger partial charge on any atom is 0.459 e. The number of imidazole rings is 1. The van der Waals surface area contributed by atoms with Crippen LogP contribution in [0.25, 0.3) is 21.6 Å². The summed E-state index contributed by atoms with van der Waals surface area (Å²) in [4.78, 5) is 27.6. The van der Waals surface area contributed by atoms with E-state index in [1.54, 1.807) is 32.0 Å². The highest BCUT2D eigenvalue weighted by Gasteiger charge is 2.84. The molecule has 3 heterocycles. The Kier molecular flexibility index (Phi) is 7.06. The number of benzene rings is 1. The summed E-state index contributed by atoms with van der Waals surface area (Å²) in [7, 11) is -4.39. The Hall–Kier alpha value is -3.98. The lowest BCUT2D eigenvalue weighted by Gasteiger charge is -2.34. The molecule has 1 aliphatic carbocycles. The van der Waals surface area contributed by atoms with Gasteiger partial charge in [-0.1, -0.05) is 23.3 Å². The molecule has 1 aromatic carbocycles. The number of anilines is 2. The second kappa shape index (κ2) is 10.1. The minimum Gasteiger partial charge on any atom is -0.462 e. The number of hydrogen-bond donors (Lipinski definition) is 4. The molecule has 2 unspecified atom stereocenters. The molecular formula is C23H29N10O7P. The number of esters is 1. The van der Waals surface area contributed by atoms with Crippen molar-refractivity contribution < 1.29 is 33.0 Å². The number of hydrogen-bond acceptors (Lipinski definition) is 13. The van der Waals surface area contributed by atoms with E-state index in [0.29, 0.717) is 0 Å². The zero-order valence-corrected chi connectivity index (χ0v) is 23.4. The van der Waals surface area contributed by atoms with Crippen molar-refractivity contribution in [3.63, 3.8) is 0 Å². The molecule has 41 heavy (non-hydrogen) atoms. The highest BCUT2D eigenvalue weighted by molar-refractivity contribution is 7.52. The van der Waals surface area contributed by atoms with Crippen LogP contribution < -0.4 is 21.1 Å². The standard InChI is InChI=1S/C23H29N10O7P/c1-11(2)37-19(34)12(3)30-41(36,39-13-8-6-5-7-9-13)40-16-15-23(16,35)22(4,31-32-26)20(38-15)33-10-27-14-17(24)28-21(25)29-18(14)33/h5-12,15-16,20,35H,1-4H3,(H,30,36)(H4,24,25,28,29)/t12-,15-,16?,20-,22+,23+,41?/m1/s1. The molecule has 0 radical (unpaired) electrons. The lowest BCUT2D eigenvalue weighted by Crippen LogP contribution is -2.47. The minimum absolute atomic E-state index is 0.0232. The van der Waals surface area contributed by atoms with Crippen LogP contribution in [0, 0.1) is 0 Å². The molecule has 2 aromatic heterocycles. The second-order valence-corrected chi connectivity index (χ2v) is 11.8. The van der Waals surface area contributed by atoms with Crippen molar-refractivity contribution in [1.82, 2.24) is 24.6 Å². The quantitative estimate of drug-likeness (QED) is 0.0873. The Balaban J connectivity index is 1.46. The van der Waals surface area contributed by atoms with E-state index in [9.17, 15) is 20.0 Å². The fourth-order valence-electron chi connectivity index (χ4n) is 4.83. The van der Waals surface area contributed by atoms with Crippen molar-refractivity contribution in [2.45, 2.75) is 69.4 Å². The van der Waals surface area contributed by atoms with Gasteiger partial charge in [-0.05, 0) is 45.4 Å². The van der Waals surface area contributed by atoms with E-state index in [2.05, 4.69) is 30.1 Å². The van der Waals surface area contributed by atoms with Gasteiger partial charge in [0.15, 0.2) is 17.7 Å². The van der Waals surface area contributed by atoms with Crippen LogP contribution in [0.5, 0.6) is 5.75 Å². The number of carbonyl (C=O) groups is 1. The van der Waals surface area contributed by atoms with E-state index >= 15 is 0 Å². The van der Waals surface area contributed by atoms with Crippen molar-refractivity contribution in [3.05, 3.63) is 47.1 Å². The molecule has 17 nitrogen and oxygen atoms in total. The summed E-state index contributed by atoms with van der Waals surface area (Å²) in [6.07, 6.45) is -2.67. The number of rotatable bonds is 10. The van der Waals surface area contributed by atoms with Gasteiger partial charge in [0, 0.05) is 4.91 Å². The van der Waals surface area contributed by atoms with E-state index in [1.165, 1.54) is 36.9 Å². The van der Waals surface area contributed by atoms with Crippen molar-refractivity contribution >= 4 is 36.6 Å². The fraction of sp³-hybridized carbons (Fsp3) is 0.478. The first-order chi connectivity index (χ1) is 19.3. The zero-order chi connectivity index (χ0) is 29.7. The van der Waals surface area contributed by atoms with Crippen molar-refractivity contribution in [1.29, 1.82) is 0 Å². The lowest BCUT2D eigenvalue weighted by molar-refractivity contribution is -0.149. The van der Waals surface area contributed by atoms with Crippen LogP contribution in [0.1, 0.15) is 33.9 Å². The van der Waals surface area contributed by atoms with Crippen LogP contribution in [-0.4, -0.2) is 66.1 Å². The number of azide groups is 1. The third-order valence-electron chi connectivity index (χ3n) is 6.85. The highest BCUT2D eigenvalue weighted by atomic mass is 31.2. The summed E-state index contributed by atoms with van der Waals surface area (Å²) >= 11 is 0. The van der Waals surface area contributed by atoms with Crippen LogP contribution >= 0.6 is 7.75 Å². The summed E-state index contributed by atoms with van der Waals surface area (Å²) in [5.41, 5.74) is 17.8. The van der Waals surface area contributed by atoms with Gasteiger partial charge in [-0.25, -0.2) is 9.55 Å². The number of nitrogens with zero attached hydrogens (tertiary/aromatic N) is 7. The van der Waals surface area contributed by atoms with Gasteiger partial charge in [0.25, 0.3) is 0 Å². The molecule has 6 N–H and O–H groups in total. The Morgan fingerprint density at radius 2 is 2.00 bits per heavy atom. The van der Waals surface area contributed by atoms with Gasteiger partial charge < -0.3 is 30.6 Å². The van der Waals surface area contributed by atoms with Crippen LogP contribution in [0.3, 0.4) is 0 Å². The Morgan fingerprint density at radius 1 is 1.29 bits per heavy atom. The van der Waals surface area contributed by atoms with Crippen LogP contribution in [0.4, 0.5) is 11.8 Å². The third kappa shape index (κ3) is 4.82. The van der Waals surface area contributed by atoms with Gasteiger partial charge in [0.05, 0.1) is 12.4 Å². The molecule has 218 valence electrons. The molecule has 0 spiro atoms. The average molecular weight is 589 g/mol. The summed E-state index contributed by atoms with van der Waals surface area (Å²) in [5, 5.41) is 18.2. The number of nitrogens with two attached hydrogens (primary N) is 2. The fourth-order valence-corrected chi connectivity index (χ4v) is 6.53. The van der Waals surface area contributed by atoms with Gasteiger partial charge in [0.1, 0.15) is 40.7 Å². The van der Waals surface area contributed by atoms with Crippen LogP contribution in [0.2, 0.25) is 0 Å². The van der Waals surface area contributed by atoms with Crippen molar-refractivity contribution in [3.8, 4) is 5.75 Å². The molecule has 0 amide bonds. The van der Waals surface area contributed by atoms with E-state index in [0.717, 1.165) is 0 Å². The number of nitrogens with one attached hydrogen (secondary N) is 1. The van der Waals surface area contributed by atoms with E-state index in [4.69, 9.17) is 30.0 Å². The average Bonchev–Trinajstić information content (AvgIpc) is 3.15. The molecule has 7 atom stereocenters. The maximum atomic E-state index is 14.0. The van der Waals surface area contributed by atoms with E-state index in [1.807, 2.05) is 0 Å². The molecular weight excluding hydrogens is 559 g/mol. The summed E-state index contributed by atoms with van der Waals surface area (Å²) in [6, 6.07) is 6.99. The Bertz CT molecular complexity index is 1580. The molecule has 18 heteroatoms. The third-order valence-corrected chi connectivity index (χ3v) is 8.51. The maximum absolute atomic E-state index is 14.0. The number of para-hydroxylation sites is 1. The number of fused-ring (bicyclic) bond motifs is 2. The van der Waals surface area contributed by atoms with Gasteiger partial charge in [-0.2, -0.15) is 15.1 Å². The summed E-state index contributed by atoms with van der Waals surface area (Å²) in [6.45, 7) is 6.21. The monoisotopic (exact) mass is 588 g/mol. The predicted molar refractivity (Wildman–Crippen MR) is 144 cm³/mol. The molecule has 1 saturated carbocycles. The van der Waals surface area contributed by atoms with Crippen molar-refractivity contribution in [2.24, 2.45) is 5.11 Å². The number of nitrogen functional groups attached to an aromatic ring is 2. The SMILES string of the molecule is CC(C)OC(=O)[C@@H](C)NP(=O)(Oc1ccccc1)OC1[C@H]2O[C@@H](n3cnc4c(N)nc(N)nc43)[C@](C)(N=[N+]=[N-])[C@@]12O. The predicted octanol–water partition coefficient (Wildman–Crippen LogP) is 2.20. The van der Waals surface area contributed by atoms with Crippen LogP contribution in [-0.2, 0) is 23.4 Å². The van der Waals surface area contributed by atoms with E-state index < -0.39 is 55.4 Å². The van der Waals surface area contributed by atoms with E-state index in [-0.39, 0.29) is 28.7 Å². The molecule has 0 bridgehead atoms. The molecule has 2 aliphatic rings. The Morgan fingerprint density at radius 3 is 2.66 bits per heavy atom. The Labute approximate surface area is 233 Å². The first-order valence-electron chi connectivity index (χ1n) is 12.5. The largest absolute Gasteiger partial charge is 0.462 e. The molecule has 3 aromatic rings. The van der Waals surface area contributed by atoms with Gasteiger partial charge in [-0.15, -0.1) is 0 Å². The van der Waals surface area contributed by atoms with Gasteiger partial charge in [0.2, 0.25) is 5.95 Å². The number of aromatic nitrogens is 4. The number of carbonyl (C=O) groups excluding carboxylic acids is 1. The molecule has 5 rings (SSSR count). The summed E-state index contributed by atoms with van der Waals surface area (Å²) in [5.74, 6) is -0.629. The number of ether oxygens (including phenoxy) is 2. The molecule has 2 fully saturated rings. The summed E-state index contributed by atoms with van der Waals surface area (Å²) < 4.78 is 38.3. The smallest absolute Gasteiger partial charge is 0.459 e. The van der Waals surface area contributed by atoms with Gasteiger partial charge in [-0.3, -0.25) is 13.9 Å². The minimum atomic E-state index is -4.39. The lowest BCUT2D eigenvalue weighted by atomic mass is 9.92. The van der Waals surface area contributed by atoms with Crippen LogP contribution in [0.15, 0.2) is 41.8 Å². The first kappa shape index (κ1) is 28.5. The van der Waals surface area contributed by atoms with Gasteiger partial charge >= 0.3 is 13.7 Å².